The fraction of sp³-hybridized carbons (Fsp3) is 0.500. The molecule has 1 heterocycles. The highest BCUT2D eigenvalue weighted by Crippen LogP contribution is 1.86. The molecular weight excluding hydrogens is 172 g/mol. The van der Waals surface area contributed by atoms with E-state index < -0.39 is 0 Å². The van der Waals surface area contributed by atoms with Crippen LogP contribution in [0.3, 0.4) is 0 Å². The maximum absolute atomic E-state index is 3.27. The summed E-state index contributed by atoms with van der Waals surface area (Å²) in [4.78, 5) is 3.27. The Hall–Kier alpha value is -1.02. The van der Waals surface area contributed by atoms with Gasteiger partial charge in [-0.2, -0.15) is 0 Å². The van der Waals surface area contributed by atoms with E-state index in [-0.39, 0.29) is 7.43 Å². The zero-order valence-electron chi connectivity index (χ0n) is 8.65. The van der Waals surface area contributed by atoms with E-state index in [4.69, 9.17) is 0 Å². The predicted molar refractivity (Wildman–Crippen MR) is 64.7 cm³/mol. The van der Waals surface area contributed by atoms with Gasteiger partial charge in [0.25, 0.3) is 0 Å². The lowest BCUT2D eigenvalue weighted by molar-refractivity contribution is 0.790. The van der Waals surface area contributed by atoms with Crippen molar-refractivity contribution in [1.82, 2.24) is 10.3 Å². The van der Waals surface area contributed by atoms with Crippen LogP contribution in [0.4, 0.5) is 0 Å². The monoisotopic (exact) mass is 194 g/mol. The fourth-order valence-corrected chi connectivity index (χ4v) is 1.54. The Morgan fingerprint density at radius 1 is 1.36 bits per heavy atom. The number of H-pyrrole nitrogens is 1. The first-order chi connectivity index (χ1) is 6.33. The summed E-state index contributed by atoms with van der Waals surface area (Å²) in [7, 11) is 1.98. The van der Waals surface area contributed by atoms with Crippen molar-refractivity contribution in [2.45, 2.75) is 27.7 Å². The van der Waals surface area contributed by atoms with Crippen molar-refractivity contribution in [3.8, 4) is 0 Å². The molecule has 0 aliphatic carbocycles. The van der Waals surface area contributed by atoms with Gasteiger partial charge in [0.05, 0.1) is 0 Å². The molecule has 0 aliphatic heterocycles. The standard InChI is InChI=1S/C11H18N2.CH4/c1-4-10-9(6-7-12-3)8-13-11(10)5-2;/h4-5,8,12-13H,6-7H2,1-3H3;1H4/b10-4-,11-5+;. The molecule has 0 spiro atoms. The molecule has 0 bridgehead atoms. The molecule has 0 aliphatic rings. The Morgan fingerprint density at radius 3 is 2.57 bits per heavy atom. The average Bonchev–Trinajstić information content (AvgIpc) is 2.56. The number of nitrogens with one attached hydrogen (secondary N) is 2. The topological polar surface area (TPSA) is 27.8 Å². The second-order valence-electron chi connectivity index (χ2n) is 3.07. The van der Waals surface area contributed by atoms with E-state index in [9.17, 15) is 0 Å². The van der Waals surface area contributed by atoms with Crippen molar-refractivity contribution in [3.05, 3.63) is 22.3 Å². The van der Waals surface area contributed by atoms with Gasteiger partial charge < -0.3 is 10.3 Å². The highest BCUT2D eigenvalue weighted by molar-refractivity contribution is 5.31. The Morgan fingerprint density at radius 2 is 2.07 bits per heavy atom. The first kappa shape index (κ1) is 13.0. The highest BCUT2D eigenvalue weighted by Gasteiger charge is 1.96. The van der Waals surface area contributed by atoms with Gasteiger partial charge in [-0.05, 0) is 44.6 Å². The Balaban J connectivity index is 0.00000169. The maximum atomic E-state index is 3.27. The van der Waals surface area contributed by atoms with Crippen molar-refractivity contribution in [2.75, 3.05) is 13.6 Å². The van der Waals surface area contributed by atoms with Crippen molar-refractivity contribution < 1.29 is 0 Å². The van der Waals surface area contributed by atoms with Crippen molar-refractivity contribution in [3.63, 3.8) is 0 Å². The van der Waals surface area contributed by atoms with Crippen LogP contribution in [0.2, 0.25) is 0 Å². The van der Waals surface area contributed by atoms with Gasteiger partial charge in [0.2, 0.25) is 0 Å². The number of aromatic amines is 1. The average molecular weight is 194 g/mol. The van der Waals surface area contributed by atoms with Crippen LogP contribution >= 0.6 is 0 Å². The van der Waals surface area contributed by atoms with E-state index in [0.717, 1.165) is 13.0 Å². The summed E-state index contributed by atoms with van der Waals surface area (Å²) in [5.41, 5.74) is 1.39. The van der Waals surface area contributed by atoms with Crippen molar-refractivity contribution in [2.24, 2.45) is 0 Å². The van der Waals surface area contributed by atoms with E-state index >= 15 is 0 Å². The predicted octanol–water partition coefficient (Wildman–Crippen LogP) is 1.01. The summed E-state index contributed by atoms with van der Waals surface area (Å²) < 4.78 is 0. The molecule has 1 rings (SSSR count). The molecule has 0 fully saturated rings. The highest BCUT2D eigenvalue weighted by atomic mass is 14.8. The lowest BCUT2D eigenvalue weighted by Crippen LogP contribution is -2.25. The second-order valence-corrected chi connectivity index (χ2v) is 3.07. The third kappa shape index (κ3) is 2.74. The van der Waals surface area contributed by atoms with Gasteiger partial charge in [0.1, 0.15) is 0 Å². The van der Waals surface area contributed by atoms with Crippen LogP contribution < -0.4 is 15.9 Å². The van der Waals surface area contributed by atoms with Crippen molar-refractivity contribution in [1.29, 1.82) is 0 Å². The quantitative estimate of drug-likeness (QED) is 0.738. The SMILES string of the molecule is C.C/C=c1/c(CCNC)c[nH]/c1=C/C. The van der Waals surface area contributed by atoms with Crippen LogP contribution in [-0.2, 0) is 6.42 Å². The van der Waals surface area contributed by atoms with Crippen LogP contribution in [0.5, 0.6) is 0 Å². The van der Waals surface area contributed by atoms with Gasteiger partial charge in [-0.1, -0.05) is 19.6 Å². The minimum Gasteiger partial charge on any atom is -0.361 e. The third-order valence-corrected chi connectivity index (χ3v) is 2.26. The third-order valence-electron chi connectivity index (χ3n) is 2.26. The summed E-state index contributed by atoms with van der Waals surface area (Å²) in [5, 5.41) is 5.73. The molecule has 0 saturated carbocycles. The van der Waals surface area contributed by atoms with Gasteiger partial charge >= 0.3 is 0 Å². The smallest absolute Gasteiger partial charge is 0.0410 e. The molecule has 14 heavy (non-hydrogen) atoms. The minimum atomic E-state index is 0. The molecule has 2 nitrogen and oxygen atoms in total. The zero-order valence-corrected chi connectivity index (χ0v) is 8.65. The Bertz CT molecular complexity index is 360. The first-order valence-corrected chi connectivity index (χ1v) is 4.77. The zero-order chi connectivity index (χ0) is 9.68. The van der Waals surface area contributed by atoms with E-state index in [1.165, 1.54) is 16.1 Å². The van der Waals surface area contributed by atoms with Crippen LogP contribution in [0, 0.1) is 0 Å². The lowest BCUT2D eigenvalue weighted by atomic mass is 10.2. The summed E-state index contributed by atoms with van der Waals surface area (Å²) in [6, 6.07) is 0. The van der Waals surface area contributed by atoms with Gasteiger partial charge in [0, 0.05) is 11.5 Å². The normalized spacial score (nSPS) is 13.1. The number of rotatable bonds is 3. The number of aromatic nitrogens is 1. The van der Waals surface area contributed by atoms with Gasteiger partial charge in [0.15, 0.2) is 0 Å². The minimum absolute atomic E-state index is 0. The first-order valence-electron chi connectivity index (χ1n) is 4.77. The van der Waals surface area contributed by atoms with Gasteiger partial charge in [-0.15, -0.1) is 0 Å². The van der Waals surface area contributed by atoms with Crippen molar-refractivity contribution >= 4 is 12.2 Å². The van der Waals surface area contributed by atoms with E-state index in [1.807, 2.05) is 7.05 Å². The van der Waals surface area contributed by atoms with E-state index in [2.05, 4.69) is 42.5 Å². The molecule has 2 N–H and O–H groups in total. The largest absolute Gasteiger partial charge is 0.361 e. The molecule has 0 amide bonds. The molecule has 0 aromatic carbocycles. The van der Waals surface area contributed by atoms with E-state index in [0.29, 0.717) is 0 Å². The van der Waals surface area contributed by atoms with Crippen LogP contribution in [0.1, 0.15) is 26.8 Å². The lowest BCUT2D eigenvalue weighted by Gasteiger charge is -1.95. The van der Waals surface area contributed by atoms with E-state index in [1.54, 1.807) is 0 Å². The number of hydrogen-bond donors (Lipinski definition) is 2. The van der Waals surface area contributed by atoms with Crippen LogP contribution in [0.25, 0.3) is 12.2 Å². The second kappa shape index (κ2) is 6.44. The number of likely N-dealkylation sites (N-methyl/N-ethyl adjacent to an activating group) is 1. The summed E-state index contributed by atoms with van der Waals surface area (Å²) in [6.07, 6.45) is 7.46. The van der Waals surface area contributed by atoms with Gasteiger partial charge in [-0.3, -0.25) is 0 Å². The molecular formula is C12H22N2. The van der Waals surface area contributed by atoms with Crippen LogP contribution in [0.15, 0.2) is 6.20 Å². The Labute approximate surface area is 86.7 Å². The molecule has 1 aromatic rings. The summed E-state index contributed by atoms with van der Waals surface area (Å²) in [6.45, 7) is 5.17. The fourth-order valence-electron chi connectivity index (χ4n) is 1.54. The Kier molecular flexibility index (Phi) is 5.97. The molecule has 0 unspecified atom stereocenters. The molecule has 0 atom stereocenters. The summed E-state index contributed by atoms with van der Waals surface area (Å²) >= 11 is 0. The van der Waals surface area contributed by atoms with Crippen LogP contribution in [-0.4, -0.2) is 18.6 Å². The molecule has 1 aromatic heterocycles. The molecule has 2 heteroatoms. The number of hydrogen-bond acceptors (Lipinski definition) is 1. The maximum Gasteiger partial charge on any atom is 0.0410 e. The van der Waals surface area contributed by atoms with Gasteiger partial charge in [-0.25, -0.2) is 0 Å². The molecule has 0 saturated heterocycles. The molecule has 80 valence electrons. The summed E-state index contributed by atoms with van der Waals surface area (Å²) in [5.74, 6) is 0. The molecule has 0 radical (unpaired) electrons.